The fourth-order valence-electron chi connectivity index (χ4n) is 3.33. The predicted octanol–water partition coefficient (Wildman–Crippen LogP) is 5.65. The molecular weight excluding hydrogens is 432 g/mol. The molecule has 0 atom stereocenters. The summed E-state index contributed by atoms with van der Waals surface area (Å²) in [6.45, 7) is 0.213. The fraction of sp³-hybridized carbons (Fsp3) is 0.0435. The Morgan fingerprint density at radius 3 is 2.69 bits per heavy atom. The minimum absolute atomic E-state index is 0.191. The number of carbonyl (C=O) groups excluding carboxylic acids is 1. The van der Waals surface area contributed by atoms with Gasteiger partial charge in [0.25, 0.3) is 5.91 Å². The molecule has 1 aliphatic heterocycles. The van der Waals surface area contributed by atoms with Crippen LogP contribution in [0.3, 0.4) is 0 Å². The van der Waals surface area contributed by atoms with Gasteiger partial charge in [-0.05, 0) is 48.5 Å². The van der Waals surface area contributed by atoms with Crippen LogP contribution in [0.4, 0.5) is 5.69 Å². The molecule has 0 bridgehead atoms. The first-order valence-corrected chi connectivity index (χ1v) is 9.83. The highest BCUT2D eigenvalue weighted by Crippen LogP contribution is 2.36. The zero-order chi connectivity index (χ0) is 19.8. The molecule has 1 N–H and O–H groups in total. The summed E-state index contributed by atoms with van der Waals surface area (Å²) in [4.78, 5) is 17.9. The normalized spacial score (nSPS) is 12.2. The van der Waals surface area contributed by atoms with E-state index in [0.717, 1.165) is 26.6 Å². The molecule has 1 amide bonds. The van der Waals surface area contributed by atoms with E-state index in [-0.39, 0.29) is 12.7 Å². The number of anilines is 1. The molecule has 0 saturated carbocycles. The van der Waals surface area contributed by atoms with E-state index in [0.29, 0.717) is 22.8 Å². The summed E-state index contributed by atoms with van der Waals surface area (Å²) < 4.78 is 11.8. The van der Waals surface area contributed by atoms with Crippen molar-refractivity contribution >= 4 is 38.4 Å². The average molecular weight is 447 g/mol. The van der Waals surface area contributed by atoms with Gasteiger partial charge in [-0.1, -0.05) is 40.2 Å². The highest BCUT2D eigenvalue weighted by Gasteiger charge is 2.17. The number of benzene rings is 3. The summed E-state index contributed by atoms with van der Waals surface area (Å²) >= 11 is 3.43. The van der Waals surface area contributed by atoms with Gasteiger partial charge in [-0.3, -0.25) is 4.79 Å². The quantitative estimate of drug-likeness (QED) is 0.441. The molecule has 0 saturated heterocycles. The Hall–Kier alpha value is -3.38. The van der Waals surface area contributed by atoms with Crippen molar-refractivity contribution < 1.29 is 14.3 Å². The van der Waals surface area contributed by atoms with Gasteiger partial charge in [0.05, 0.1) is 16.8 Å². The number of fused-ring (bicyclic) bond motifs is 2. The summed E-state index contributed by atoms with van der Waals surface area (Å²) in [7, 11) is 0. The SMILES string of the molecule is O=C(Nc1cccc(Br)c1)c1cc(-c2ccc3c(c2)OCO3)nc2ccccc12. The van der Waals surface area contributed by atoms with Crippen LogP contribution in [0, 0.1) is 0 Å². The number of aromatic nitrogens is 1. The van der Waals surface area contributed by atoms with Crippen LogP contribution in [-0.2, 0) is 0 Å². The number of ether oxygens (including phenoxy) is 2. The van der Waals surface area contributed by atoms with Crippen molar-refractivity contribution in [2.75, 3.05) is 12.1 Å². The first-order valence-electron chi connectivity index (χ1n) is 9.04. The summed E-state index contributed by atoms with van der Waals surface area (Å²) in [5, 5.41) is 3.77. The third-order valence-corrected chi connectivity index (χ3v) is 5.20. The highest BCUT2D eigenvalue weighted by molar-refractivity contribution is 9.10. The van der Waals surface area contributed by atoms with E-state index in [9.17, 15) is 4.79 Å². The lowest BCUT2D eigenvalue weighted by atomic mass is 10.0. The maximum atomic E-state index is 13.1. The number of amides is 1. The Morgan fingerprint density at radius 1 is 0.931 bits per heavy atom. The molecule has 1 aliphatic rings. The third kappa shape index (κ3) is 3.43. The number of nitrogens with zero attached hydrogens (tertiary/aromatic N) is 1. The van der Waals surface area contributed by atoms with Crippen molar-refractivity contribution in [3.8, 4) is 22.8 Å². The van der Waals surface area contributed by atoms with Gasteiger partial charge in [0.15, 0.2) is 11.5 Å². The lowest BCUT2D eigenvalue weighted by molar-refractivity contribution is 0.102. The number of carbonyl (C=O) groups is 1. The number of pyridine rings is 1. The van der Waals surface area contributed by atoms with Crippen LogP contribution in [0.5, 0.6) is 11.5 Å². The number of rotatable bonds is 3. The lowest BCUT2D eigenvalue weighted by Gasteiger charge is -2.11. The van der Waals surface area contributed by atoms with E-state index < -0.39 is 0 Å². The number of para-hydroxylation sites is 1. The summed E-state index contributed by atoms with van der Waals surface area (Å²) in [5.41, 5.74) is 3.58. The second-order valence-corrected chi connectivity index (χ2v) is 7.52. The number of hydrogen-bond acceptors (Lipinski definition) is 4. The molecule has 0 spiro atoms. The molecule has 0 aliphatic carbocycles. The minimum atomic E-state index is -0.191. The molecule has 5 rings (SSSR count). The van der Waals surface area contributed by atoms with Crippen molar-refractivity contribution in [3.63, 3.8) is 0 Å². The Kier molecular flexibility index (Phi) is 4.41. The summed E-state index contributed by atoms with van der Waals surface area (Å²) in [6, 6.07) is 22.6. The van der Waals surface area contributed by atoms with Gasteiger partial charge in [0, 0.05) is 21.1 Å². The van der Waals surface area contributed by atoms with E-state index in [4.69, 9.17) is 14.5 Å². The molecule has 3 aromatic carbocycles. The lowest BCUT2D eigenvalue weighted by Crippen LogP contribution is -2.13. The van der Waals surface area contributed by atoms with Crippen LogP contribution in [0.2, 0.25) is 0 Å². The monoisotopic (exact) mass is 446 g/mol. The maximum Gasteiger partial charge on any atom is 0.256 e. The van der Waals surface area contributed by atoms with Crippen LogP contribution in [0.25, 0.3) is 22.2 Å². The number of halogens is 1. The van der Waals surface area contributed by atoms with Crippen LogP contribution in [0.1, 0.15) is 10.4 Å². The third-order valence-electron chi connectivity index (χ3n) is 4.71. The van der Waals surface area contributed by atoms with E-state index in [2.05, 4.69) is 21.2 Å². The molecule has 5 nitrogen and oxygen atoms in total. The van der Waals surface area contributed by atoms with Crippen molar-refractivity contribution in [1.82, 2.24) is 4.98 Å². The second kappa shape index (κ2) is 7.22. The molecule has 4 aromatic rings. The molecule has 6 heteroatoms. The second-order valence-electron chi connectivity index (χ2n) is 6.60. The van der Waals surface area contributed by atoms with Gasteiger partial charge in [-0.25, -0.2) is 4.98 Å². The fourth-order valence-corrected chi connectivity index (χ4v) is 3.73. The average Bonchev–Trinajstić information content (AvgIpc) is 3.21. The largest absolute Gasteiger partial charge is 0.454 e. The molecule has 0 radical (unpaired) electrons. The van der Waals surface area contributed by atoms with E-state index in [1.807, 2.05) is 72.8 Å². The summed E-state index contributed by atoms with van der Waals surface area (Å²) in [5.74, 6) is 1.20. The molecular formula is C23H15BrN2O3. The van der Waals surface area contributed by atoms with Crippen LogP contribution < -0.4 is 14.8 Å². The number of nitrogens with one attached hydrogen (secondary N) is 1. The van der Waals surface area contributed by atoms with Gasteiger partial charge < -0.3 is 14.8 Å². The molecule has 142 valence electrons. The molecule has 2 heterocycles. The number of hydrogen-bond donors (Lipinski definition) is 1. The van der Waals surface area contributed by atoms with Gasteiger partial charge in [0.1, 0.15) is 0 Å². The van der Waals surface area contributed by atoms with Crippen LogP contribution in [0.15, 0.2) is 77.3 Å². The van der Waals surface area contributed by atoms with Gasteiger partial charge in [-0.2, -0.15) is 0 Å². The Labute approximate surface area is 175 Å². The Balaban J connectivity index is 1.60. The smallest absolute Gasteiger partial charge is 0.256 e. The topological polar surface area (TPSA) is 60.5 Å². The molecule has 29 heavy (non-hydrogen) atoms. The highest BCUT2D eigenvalue weighted by atomic mass is 79.9. The zero-order valence-corrected chi connectivity index (χ0v) is 16.8. The first kappa shape index (κ1) is 17.7. The molecule has 1 aromatic heterocycles. The van der Waals surface area contributed by atoms with E-state index in [1.165, 1.54) is 0 Å². The van der Waals surface area contributed by atoms with Crippen molar-refractivity contribution in [3.05, 3.63) is 82.8 Å². The van der Waals surface area contributed by atoms with Crippen LogP contribution in [-0.4, -0.2) is 17.7 Å². The summed E-state index contributed by atoms with van der Waals surface area (Å²) in [6.07, 6.45) is 0. The zero-order valence-electron chi connectivity index (χ0n) is 15.2. The standard InChI is InChI=1S/C23H15BrN2O3/c24-15-4-3-5-16(11-15)25-23(27)18-12-20(26-19-7-2-1-6-17(18)19)14-8-9-21-22(10-14)29-13-28-21/h1-12H,13H2,(H,25,27). The van der Waals surface area contributed by atoms with Gasteiger partial charge in [0.2, 0.25) is 6.79 Å². The van der Waals surface area contributed by atoms with Gasteiger partial charge in [-0.15, -0.1) is 0 Å². The predicted molar refractivity (Wildman–Crippen MR) is 115 cm³/mol. The minimum Gasteiger partial charge on any atom is -0.454 e. The Morgan fingerprint density at radius 2 is 1.79 bits per heavy atom. The van der Waals surface area contributed by atoms with E-state index >= 15 is 0 Å². The van der Waals surface area contributed by atoms with E-state index in [1.54, 1.807) is 0 Å². The van der Waals surface area contributed by atoms with Crippen molar-refractivity contribution in [2.45, 2.75) is 0 Å². The Bertz CT molecular complexity index is 1260. The molecule has 0 fully saturated rings. The van der Waals surface area contributed by atoms with Crippen molar-refractivity contribution in [2.24, 2.45) is 0 Å². The first-order chi connectivity index (χ1) is 14.2. The molecule has 0 unspecified atom stereocenters. The van der Waals surface area contributed by atoms with Gasteiger partial charge >= 0.3 is 0 Å². The van der Waals surface area contributed by atoms with Crippen molar-refractivity contribution in [1.29, 1.82) is 0 Å². The van der Waals surface area contributed by atoms with Crippen LogP contribution >= 0.6 is 15.9 Å². The maximum absolute atomic E-state index is 13.1.